The van der Waals surface area contributed by atoms with E-state index in [4.69, 9.17) is 0 Å². The van der Waals surface area contributed by atoms with Gasteiger partial charge < -0.3 is 0 Å². The SMILES string of the molecule is CCCS(=O)(=O)Nc1ccc2nc(C)sc2c1. The summed E-state index contributed by atoms with van der Waals surface area (Å²) in [7, 11) is -3.21. The van der Waals surface area contributed by atoms with Crippen LogP contribution in [0.4, 0.5) is 5.69 Å². The molecule has 0 unspecified atom stereocenters. The Hall–Kier alpha value is -1.14. The summed E-state index contributed by atoms with van der Waals surface area (Å²) in [5, 5.41) is 0.980. The van der Waals surface area contributed by atoms with E-state index in [1.807, 2.05) is 26.0 Å². The zero-order chi connectivity index (χ0) is 12.5. The highest BCUT2D eigenvalue weighted by molar-refractivity contribution is 7.92. The Labute approximate surface area is 105 Å². The molecule has 0 amide bonds. The molecule has 0 radical (unpaired) electrons. The topological polar surface area (TPSA) is 59.1 Å². The Balaban J connectivity index is 2.31. The Morgan fingerprint density at radius 3 is 2.88 bits per heavy atom. The van der Waals surface area contributed by atoms with Crippen molar-refractivity contribution >= 4 is 37.3 Å². The van der Waals surface area contributed by atoms with Crippen LogP contribution in [0, 0.1) is 6.92 Å². The smallest absolute Gasteiger partial charge is 0.232 e. The van der Waals surface area contributed by atoms with E-state index < -0.39 is 10.0 Å². The van der Waals surface area contributed by atoms with E-state index in [2.05, 4.69) is 9.71 Å². The van der Waals surface area contributed by atoms with Gasteiger partial charge in [-0.15, -0.1) is 11.3 Å². The van der Waals surface area contributed by atoms with Crippen LogP contribution in [0.1, 0.15) is 18.4 Å². The number of nitrogens with one attached hydrogen (secondary N) is 1. The highest BCUT2D eigenvalue weighted by Gasteiger charge is 2.09. The summed E-state index contributed by atoms with van der Waals surface area (Å²) in [5.41, 5.74) is 1.51. The highest BCUT2D eigenvalue weighted by Crippen LogP contribution is 2.25. The van der Waals surface area contributed by atoms with Crippen LogP contribution in [0.25, 0.3) is 10.2 Å². The predicted molar refractivity (Wildman–Crippen MR) is 72.1 cm³/mol. The van der Waals surface area contributed by atoms with E-state index in [0.29, 0.717) is 12.1 Å². The van der Waals surface area contributed by atoms with Gasteiger partial charge in [0.15, 0.2) is 0 Å². The van der Waals surface area contributed by atoms with Gasteiger partial charge in [-0.05, 0) is 31.5 Å². The fourth-order valence-electron chi connectivity index (χ4n) is 1.60. The maximum Gasteiger partial charge on any atom is 0.232 e. The zero-order valence-corrected chi connectivity index (χ0v) is 11.4. The van der Waals surface area contributed by atoms with Crippen molar-refractivity contribution in [2.75, 3.05) is 10.5 Å². The number of sulfonamides is 1. The second-order valence-corrected chi connectivity index (χ2v) is 6.91. The molecule has 2 aromatic rings. The number of hydrogen-bond acceptors (Lipinski definition) is 4. The van der Waals surface area contributed by atoms with Crippen molar-refractivity contribution in [1.82, 2.24) is 4.98 Å². The maximum absolute atomic E-state index is 11.6. The summed E-state index contributed by atoms with van der Waals surface area (Å²) in [6, 6.07) is 5.41. The third-order valence-electron chi connectivity index (χ3n) is 2.24. The fourth-order valence-corrected chi connectivity index (χ4v) is 3.59. The maximum atomic E-state index is 11.6. The van der Waals surface area contributed by atoms with Gasteiger partial charge in [-0.25, -0.2) is 13.4 Å². The van der Waals surface area contributed by atoms with Gasteiger partial charge in [0.2, 0.25) is 10.0 Å². The average molecular weight is 270 g/mol. The van der Waals surface area contributed by atoms with Gasteiger partial charge in [0.05, 0.1) is 26.7 Å². The van der Waals surface area contributed by atoms with Crippen LogP contribution in [-0.4, -0.2) is 19.2 Å². The molecular weight excluding hydrogens is 256 g/mol. The third-order valence-corrected chi connectivity index (χ3v) is 4.67. The molecule has 6 heteroatoms. The van der Waals surface area contributed by atoms with Crippen LogP contribution in [-0.2, 0) is 10.0 Å². The Bertz CT molecular complexity index is 632. The van der Waals surface area contributed by atoms with Crippen LogP contribution >= 0.6 is 11.3 Å². The van der Waals surface area contributed by atoms with Crippen LogP contribution < -0.4 is 4.72 Å². The lowest BCUT2D eigenvalue weighted by molar-refractivity contribution is 0.600. The van der Waals surface area contributed by atoms with E-state index in [1.165, 1.54) is 0 Å². The van der Waals surface area contributed by atoms with Crippen molar-refractivity contribution in [3.8, 4) is 0 Å². The third kappa shape index (κ3) is 2.95. The number of rotatable bonds is 4. The van der Waals surface area contributed by atoms with Crippen molar-refractivity contribution in [1.29, 1.82) is 0 Å². The summed E-state index contributed by atoms with van der Waals surface area (Å²) in [6.07, 6.45) is 0.608. The number of hydrogen-bond donors (Lipinski definition) is 1. The molecule has 1 aromatic carbocycles. The number of aryl methyl sites for hydroxylation is 1. The van der Waals surface area contributed by atoms with E-state index in [1.54, 1.807) is 17.4 Å². The lowest BCUT2D eigenvalue weighted by Gasteiger charge is -2.06. The van der Waals surface area contributed by atoms with Gasteiger partial charge in [-0.1, -0.05) is 6.92 Å². The van der Waals surface area contributed by atoms with E-state index in [9.17, 15) is 8.42 Å². The molecule has 0 bridgehead atoms. The normalized spacial score (nSPS) is 11.9. The quantitative estimate of drug-likeness (QED) is 0.929. The molecule has 0 aliphatic carbocycles. The molecule has 2 rings (SSSR count). The van der Waals surface area contributed by atoms with Gasteiger partial charge in [-0.3, -0.25) is 4.72 Å². The largest absolute Gasteiger partial charge is 0.284 e. The molecule has 0 saturated carbocycles. The van der Waals surface area contributed by atoms with Crippen molar-refractivity contribution in [3.63, 3.8) is 0 Å². The molecule has 1 N–H and O–H groups in total. The predicted octanol–water partition coefficient (Wildman–Crippen LogP) is 2.76. The van der Waals surface area contributed by atoms with Gasteiger partial charge in [0, 0.05) is 0 Å². The molecule has 92 valence electrons. The van der Waals surface area contributed by atoms with Crippen LogP contribution in [0.3, 0.4) is 0 Å². The summed E-state index contributed by atoms with van der Waals surface area (Å²) in [4.78, 5) is 4.33. The summed E-state index contributed by atoms with van der Waals surface area (Å²) in [5.74, 6) is 0.146. The van der Waals surface area contributed by atoms with Crippen LogP contribution in [0.2, 0.25) is 0 Å². The molecule has 0 aliphatic heterocycles. The fraction of sp³-hybridized carbons (Fsp3) is 0.364. The molecule has 0 saturated heterocycles. The van der Waals surface area contributed by atoms with E-state index in [-0.39, 0.29) is 5.75 Å². The van der Waals surface area contributed by atoms with Crippen molar-refractivity contribution < 1.29 is 8.42 Å². The molecule has 0 aliphatic rings. The molecular formula is C11H14N2O2S2. The number of anilines is 1. The van der Waals surface area contributed by atoms with Crippen LogP contribution in [0.5, 0.6) is 0 Å². The monoisotopic (exact) mass is 270 g/mol. The van der Waals surface area contributed by atoms with Crippen molar-refractivity contribution in [2.45, 2.75) is 20.3 Å². The summed E-state index contributed by atoms with van der Waals surface area (Å²) >= 11 is 1.56. The highest BCUT2D eigenvalue weighted by atomic mass is 32.2. The Morgan fingerprint density at radius 2 is 2.18 bits per heavy atom. The molecule has 17 heavy (non-hydrogen) atoms. The van der Waals surface area contributed by atoms with Gasteiger partial charge in [0.25, 0.3) is 0 Å². The van der Waals surface area contributed by atoms with Crippen molar-refractivity contribution in [2.24, 2.45) is 0 Å². The molecule has 0 spiro atoms. The molecule has 1 aromatic heterocycles. The lowest BCUT2D eigenvalue weighted by atomic mass is 10.3. The first-order valence-electron chi connectivity index (χ1n) is 5.38. The zero-order valence-electron chi connectivity index (χ0n) is 9.73. The van der Waals surface area contributed by atoms with Crippen molar-refractivity contribution in [3.05, 3.63) is 23.2 Å². The summed E-state index contributed by atoms with van der Waals surface area (Å²) in [6.45, 7) is 3.78. The van der Waals surface area contributed by atoms with Gasteiger partial charge in [-0.2, -0.15) is 0 Å². The second-order valence-electron chi connectivity index (χ2n) is 3.84. The number of benzene rings is 1. The number of fused-ring (bicyclic) bond motifs is 1. The minimum absolute atomic E-state index is 0.146. The van der Waals surface area contributed by atoms with Gasteiger partial charge >= 0.3 is 0 Å². The average Bonchev–Trinajstić information content (AvgIpc) is 2.56. The standard InChI is InChI=1S/C11H14N2O2S2/c1-3-6-17(14,15)13-9-4-5-10-11(7-9)16-8(2)12-10/h4-5,7,13H,3,6H2,1-2H3. The minimum Gasteiger partial charge on any atom is -0.284 e. The first-order valence-corrected chi connectivity index (χ1v) is 7.85. The molecule has 1 heterocycles. The number of aromatic nitrogens is 1. The molecule has 4 nitrogen and oxygen atoms in total. The second kappa shape index (κ2) is 4.62. The Morgan fingerprint density at radius 1 is 1.41 bits per heavy atom. The number of thiazole rings is 1. The number of nitrogens with zero attached hydrogens (tertiary/aromatic N) is 1. The Kier molecular flexibility index (Phi) is 3.35. The molecule has 0 atom stereocenters. The van der Waals surface area contributed by atoms with Crippen LogP contribution in [0.15, 0.2) is 18.2 Å². The molecule has 0 fully saturated rings. The summed E-state index contributed by atoms with van der Waals surface area (Å²) < 4.78 is 26.8. The lowest BCUT2D eigenvalue weighted by Crippen LogP contribution is -2.15. The minimum atomic E-state index is -3.21. The van der Waals surface area contributed by atoms with Gasteiger partial charge in [0.1, 0.15) is 0 Å². The first kappa shape index (κ1) is 12.3. The van der Waals surface area contributed by atoms with E-state index >= 15 is 0 Å². The van der Waals surface area contributed by atoms with E-state index in [0.717, 1.165) is 15.2 Å². The first-order chi connectivity index (χ1) is 8.00.